The van der Waals surface area contributed by atoms with Crippen molar-refractivity contribution >= 4 is 0 Å². The lowest BCUT2D eigenvalue weighted by molar-refractivity contribution is 0.174. The van der Waals surface area contributed by atoms with Crippen LogP contribution >= 0.6 is 0 Å². The molecule has 1 aliphatic rings. The van der Waals surface area contributed by atoms with Crippen molar-refractivity contribution < 1.29 is 13.9 Å². The van der Waals surface area contributed by atoms with Gasteiger partial charge in [-0.1, -0.05) is 12.1 Å². The van der Waals surface area contributed by atoms with Crippen LogP contribution < -0.4 is 14.8 Å². The number of ether oxygens (including phenoxy) is 2. The highest BCUT2D eigenvalue weighted by Gasteiger charge is 2.15. The zero-order valence-corrected chi connectivity index (χ0v) is 12.2. The topological polar surface area (TPSA) is 30.5 Å². The first kappa shape index (κ1) is 13.9. The Morgan fingerprint density at radius 2 is 1.95 bits per heavy atom. The average molecular weight is 287 g/mol. The largest absolute Gasteiger partial charge is 0.454 e. The van der Waals surface area contributed by atoms with Gasteiger partial charge >= 0.3 is 0 Å². The highest BCUT2D eigenvalue weighted by Crippen LogP contribution is 2.34. The minimum absolute atomic E-state index is 0.170. The maximum Gasteiger partial charge on any atom is 0.231 e. The third kappa shape index (κ3) is 3.00. The number of nitrogens with one attached hydrogen (secondary N) is 1. The van der Waals surface area contributed by atoms with Crippen molar-refractivity contribution in [1.82, 2.24) is 5.32 Å². The van der Waals surface area contributed by atoms with Crippen LogP contribution in [0.15, 0.2) is 36.4 Å². The van der Waals surface area contributed by atoms with Crippen LogP contribution in [-0.2, 0) is 6.54 Å². The third-order valence-electron chi connectivity index (χ3n) is 3.80. The molecule has 1 N–H and O–H groups in total. The van der Waals surface area contributed by atoms with Crippen LogP contribution in [0.2, 0.25) is 0 Å². The average Bonchev–Trinajstić information content (AvgIpc) is 2.93. The highest BCUT2D eigenvalue weighted by atomic mass is 19.1. The van der Waals surface area contributed by atoms with E-state index in [1.807, 2.05) is 31.2 Å². The summed E-state index contributed by atoms with van der Waals surface area (Å²) in [6.07, 6.45) is 0. The quantitative estimate of drug-likeness (QED) is 0.929. The molecular weight excluding hydrogens is 269 g/mol. The predicted molar refractivity (Wildman–Crippen MR) is 79.0 cm³/mol. The second kappa shape index (κ2) is 5.74. The van der Waals surface area contributed by atoms with E-state index < -0.39 is 0 Å². The molecule has 0 saturated heterocycles. The van der Waals surface area contributed by atoms with E-state index in [1.54, 1.807) is 6.07 Å². The van der Waals surface area contributed by atoms with Crippen molar-refractivity contribution in [2.75, 3.05) is 6.79 Å². The SMILES string of the molecule is Cc1cc(F)ccc1CNC(C)c1ccc2c(c1)OCO2. The number of hydrogen-bond donors (Lipinski definition) is 1. The number of aryl methyl sites for hydroxylation is 1. The standard InChI is InChI=1S/C17H18FNO2/c1-11-7-15(18)5-3-14(11)9-19-12(2)13-4-6-16-17(8-13)21-10-20-16/h3-8,12,19H,9-10H2,1-2H3. The first-order chi connectivity index (χ1) is 10.1. The van der Waals surface area contributed by atoms with E-state index in [-0.39, 0.29) is 18.7 Å². The van der Waals surface area contributed by atoms with E-state index in [9.17, 15) is 4.39 Å². The Labute approximate surface area is 123 Å². The fourth-order valence-electron chi connectivity index (χ4n) is 2.42. The summed E-state index contributed by atoms with van der Waals surface area (Å²) in [4.78, 5) is 0. The number of benzene rings is 2. The van der Waals surface area contributed by atoms with Gasteiger partial charge in [-0.15, -0.1) is 0 Å². The fraction of sp³-hybridized carbons (Fsp3) is 0.294. The Hall–Kier alpha value is -2.07. The Kier molecular flexibility index (Phi) is 3.80. The van der Waals surface area contributed by atoms with Crippen molar-refractivity contribution in [3.05, 3.63) is 58.9 Å². The molecule has 2 aromatic carbocycles. The molecule has 0 bridgehead atoms. The van der Waals surface area contributed by atoms with Crippen LogP contribution in [0.3, 0.4) is 0 Å². The van der Waals surface area contributed by atoms with Crippen LogP contribution in [0, 0.1) is 12.7 Å². The molecule has 2 aromatic rings. The van der Waals surface area contributed by atoms with Gasteiger partial charge in [-0.25, -0.2) is 4.39 Å². The summed E-state index contributed by atoms with van der Waals surface area (Å²) in [6, 6.07) is 11.0. The molecule has 1 unspecified atom stereocenters. The van der Waals surface area contributed by atoms with E-state index in [1.165, 1.54) is 6.07 Å². The summed E-state index contributed by atoms with van der Waals surface area (Å²) in [5.41, 5.74) is 3.20. The summed E-state index contributed by atoms with van der Waals surface area (Å²) in [7, 11) is 0. The molecule has 110 valence electrons. The van der Waals surface area contributed by atoms with E-state index in [0.717, 1.165) is 28.2 Å². The van der Waals surface area contributed by atoms with Crippen molar-refractivity contribution in [3.63, 3.8) is 0 Å². The van der Waals surface area contributed by atoms with Gasteiger partial charge in [0.25, 0.3) is 0 Å². The molecule has 0 saturated carbocycles. The van der Waals surface area contributed by atoms with Gasteiger partial charge in [-0.2, -0.15) is 0 Å². The van der Waals surface area contributed by atoms with Gasteiger partial charge in [0.1, 0.15) is 5.82 Å². The number of fused-ring (bicyclic) bond motifs is 1. The molecule has 4 heteroatoms. The first-order valence-corrected chi connectivity index (χ1v) is 7.01. The Bertz CT molecular complexity index is 657. The molecule has 1 atom stereocenters. The molecule has 0 aromatic heterocycles. The molecule has 0 radical (unpaired) electrons. The second-order valence-electron chi connectivity index (χ2n) is 5.29. The van der Waals surface area contributed by atoms with Crippen molar-refractivity contribution in [2.24, 2.45) is 0 Å². The van der Waals surface area contributed by atoms with Gasteiger partial charge in [-0.05, 0) is 54.8 Å². The smallest absolute Gasteiger partial charge is 0.231 e. The molecule has 1 heterocycles. The zero-order chi connectivity index (χ0) is 14.8. The van der Waals surface area contributed by atoms with Crippen molar-refractivity contribution in [2.45, 2.75) is 26.4 Å². The van der Waals surface area contributed by atoms with Crippen LogP contribution in [0.5, 0.6) is 11.5 Å². The van der Waals surface area contributed by atoms with Crippen molar-refractivity contribution in [3.8, 4) is 11.5 Å². The highest BCUT2D eigenvalue weighted by molar-refractivity contribution is 5.45. The zero-order valence-electron chi connectivity index (χ0n) is 12.2. The van der Waals surface area contributed by atoms with Crippen LogP contribution in [-0.4, -0.2) is 6.79 Å². The molecular formula is C17H18FNO2. The van der Waals surface area contributed by atoms with Gasteiger partial charge in [0, 0.05) is 12.6 Å². The number of rotatable bonds is 4. The molecule has 3 rings (SSSR count). The molecule has 1 aliphatic heterocycles. The van der Waals surface area contributed by atoms with E-state index >= 15 is 0 Å². The predicted octanol–water partition coefficient (Wildman–Crippen LogP) is 3.71. The summed E-state index contributed by atoms with van der Waals surface area (Å²) < 4.78 is 23.8. The number of halogens is 1. The Morgan fingerprint density at radius 3 is 2.76 bits per heavy atom. The van der Waals surface area contributed by atoms with Gasteiger partial charge < -0.3 is 14.8 Å². The van der Waals surface area contributed by atoms with Gasteiger partial charge in [0.2, 0.25) is 6.79 Å². The first-order valence-electron chi connectivity index (χ1n) is 7.01. The summed E-state index contributed by atoms with van der Waals surface area (Å²) in [5, 5.41) is 3.45. The van der Waals surface area contributed by atoms with Gasteiger partial charge in [-0.3, -0.25) is 0 Å². The van der Waals surface area contributed by atoms with E-state index in [0.29, 0.717) is 6.54 Å². The maximum atomic E-state index is 13.1. The third-order valence-corrected chi connectivity index (χ3v) is 3.80. The normalized spacial score (nSPS) is 14.2. The van der Waals surface area contributed by atoms with Crippen LogP contribution in [0.25, 0.3) is 0 Å². The monoisotopic (exact) mass is 287 g/mol. The minimum atomic E-state index is -0.194. The van der Waals surface area contributed by atoms with E-state index in [2.05, 4.69) is 12.2 Å². The van der Waals surface area contributed by atoms with Crippen LogP contribution in [0.4, 0.5) is 4.39 Å². The molecule has 0 fully saturated rings. The fourth-order valence-corrected chi connectivity index (χ4v) is 2.42. The molecule has 0 amide bonds. The van der Waals surface area contributed by atoms with Gasteiger partial charge in [0.05, 0.1) is 0 Å². The second-order valence-corrected chi connectivity index (χ2v) is 5.29. The lowest BCUT2D eigenvalue weighted by atomic mass is 10.1. The van der Waals surface area contributed by atoms with Crippen LogP contribution in [0.1, 0.15) is 29.7 Å². The summed E-state index contributed by atoms with van der Waals surface area (Å²) in [6.45, 7) is 5.00. The van der Waals surface area contributed by atoms with Crippen molar-refractivity contribution in [1.29, 1.82) is 0 Å². The van der Waals surface area contributed by atoms with Gasteiger partial charge in [0.15, 0.2) is 11.5 Å². The molecule has 3 nitrogen and oxygen atoms in total. The number of hydrogen-bond acceptors (Lipinski definition) is 3. The summed E-state index contributed by atoms with van der Waals surface area (Å²) >= 11 is 0. The summed E-state index contributed by atoms with van der Waals surface area (Å²) in [5.74, 6) is 1.39. The maximum absolute atomic E-state index is 13.1. The Balaban J connectivity index is 1.67. The lowest BCUT2D eigenvalue weighted by Crippen LogP contribution is -2.18. The Morgan fingerprint density at radius 1 is 1.14 bits per heavy atom. The minimum Gasteiger partial charge on any atom is -0.454 e. The lowest BCUT2D eigenvalue weighted by Gasteiger charge is -2.16. The molecule has 0 spiro atoms. The molecule has 21 heavy (non-hydrogen) atoms. The van der Waals surface area contributed by atoms with E-state index in [4.69, 9.17) is 9.47 Å². The molecule has 0 aliphatic carbocycles.